The fourth-order valence-corrected chi connectivity index (χ4v) is 2.53. The topological polar surface area (TPSA) is 46.5 Å². The molecule has 0 bridgehead atoms. The summed E-state index contributed by atoms with van der Waals surface area (Å²) in [4.78, 5) is 11.2. The number of benzene rings is 1. The molecule has 0 heterocycles. The highest BCUT2D eigenvalue weighted by molar-refractivity contribution is 9.10. The van der Waals surface area contributed by atoms with Crippen molar-refractivity contribution in [3.05, 3.63) is 27.7 Å². The molecule has 0 amide bonds. The number of aromatic carboxylic acids is 1. The van der Waals surface area contributed by atoms with Crippen molar-refractivity contribution in [2.75, 3.05) is 6.61 Å². The molecule has 0 aromatic heterocycles. The highest BCUT2D eigenvalue weighted by atomic mass is 79.9. The van der Waals surface area contributed by atoms with Gasteiger partial charge >= 0.3 is 5.97 Å². The minimum Gasteiger partial charge on any atom is -0.492 e. The standard InChI is InChI=1S/C15H21BrO3/c1-3-4-5-6-7-8-19-14-11(2)9-12(16)10-13(14)15(17)18/h9-10H,3-8H2,1-2H3,(H,17,18). The third-order valence-corrected chi connectivity index (χ3v) is 3.42. The Balaban J connectivity index is 2.59. The van der Waals surface area contributed by atoms with E-state index in [2.05, 4.69) is 22.9 Å². The Bertz CT molecular complexity index is 430. The van der Waals surface area contributed by atoms with Crippen molar-refractivity contribution in [2.45, 2.75) is 46.0 Å². The zero-order valence-electron chi connectivity index (χ0n) is 11.5. The highest BCUT2D eigenvalue weighted by Gasteiger charge is 2.14. The zero-order chi connectivity index (χ0) is 14.3. The SMILES string of the molecule is CCCCCCCOc1c(C)cc(Br)cc1C(=O)O. The van der Waals surface area contributed by atoms with Crippen molar-refractivity contribution in [2.24, 2.45) is 0 Å². The molecule has 19 heavy (non-hydrogen) atoms. The van der Waals surface area contributed by atoms with Gasteiger partial charge in [-0.15, -0.1) is 0 Å². The molecule has 1 rings (SSSR count). The van der Waals surface area contributed by atoms with Crippen LogP contribution >= 0.6 is 15.9 Å². The predicted molar refractivity (Wildman–Crippen MR) is 80.1 cm³/mol. The van der Waals surface area contributed by atoms with Crippen LogP contribution in [0.1, 0.15) is 54.9 Å². The molecule has 0 aliphatic rings. The third kappa shape index (κ3) is 5.23. The van der Waals surface area contributed by atoms with Crippen LogP contribution in [0.15, 0.2) is 16.6 Å². The first-order valence-electron chi connectivity index (χ1n) is 6.72. The fourth-order valence-electron chi connectivity index (χ4n) is 1.96. The highest BCUT2D eigenvalue weighted by Crippen LogP contribution is 2.28. The summed E-state index contributed by atoms with van der Waals surface area (Å²) in [5.74, 6) is -0.462. The van der Waals surface area contributed by atoms with Crippen LogP contribution in [0.25, 0.3) is 0 Å². The summed E-state index contributed by atoms with van der Waals surface area (Å²) < 4.78 is 6.42. The van der Waals surface area contributed by atoms with Gasteiger partial charge in [0, 0.05) is 4.47 Å². The van der Waals surface area contributed by atoms with Crippen LogP contribution in [0.2, 0.25) is 0 Å². The van der Waals surface area contributed by atoms with Crippen LogP contribution in [-0.4, -0.2) is 17.7 Å². The quantitative estimate of drug-likeness (QED) is 0.697. The number of carbonyl (C=O) groups is 1. The summed E-state index contributed by atoms with van der Waals surface area (Å²) >= 11 is 3.31. The van der Waals surface area contributed by atoms with Gasteiger partial charge in [-0.05, 0) is 31.0 Å². The number of unbranched alkanes of at least 4 members (excludes halogenated alkanes) is 4. The van der Waals surface area contributed by atoms with Crippen molar-refractivity contribution < 1.29 is 14.6 Å². The molecule has 1 N–H and O–H groups in total. The first-order chi connectivity index (χ1) is 9.06. The second kappa shape index (κ2) is 8.20. The molecular weight excluding hydrogens is 308 g/mol. The first-order valence-corrected chi connectivity index (χ1v) is 7.51. The molecule has 4 heteroatoms. The van der Waals surface area contributed by atoms with E-state index in [1.54, 1.807) is 6.07 Å². The van der Waals surface area contributed by atoms with E-state index >= 15 is 0 Å². The molecule has 0 atom stereocenters. The van der Waals surface area contributed by atoms with Gasteiger partial charge in [-0.2, -0.15) is 0 Å². The molecule has 0 aliphatic carbocycles. The number of aryl methyl sites for hydroxylation is 1. The van der Waals surface area contributed by atoms with Gasteiger partial charge in [-0.25, -0.2) is 4.79 Å². The van der Waals surface area contributed by atoms with Gasteiger partial charge in [-0.3, -0.25) is 0 Å². The van der Waals surface area contributed by atoms with E-state index in [0.717, 1.165) is 22.9 Å². The van der Waals surface area contributed by atoms with Gasteiger partial charge in [0.2, 0.25) is 0 Å². The Labute approximate surface area is 123 Å². The number of carboxylic acid groups (broad SMARTS) is 1. The predicted octanol–water partition coefficient (Wildman–Crippen LogP) is 4.80. The lowest BCUT2D eigenvalue weighted by Crippen LogP contribution is -2.06. The molecule has 106 valence electrons. The average Bonchev–Trinajstić information content (AvgIpc) is 2.34. The number of halogens is 1. The lowest BCUT2D eigenvalue weighted by molar-refractivity contribution is 0.0692. The van der Waals surface area contributed by atoms with Crippen LogP contribution in [-0.2, 0) is 0 Å². The maximum absolute atomic E-state index is 11.2. The summed E-state index contributed by atoms with van der Waals surface area (Å²) in [5.41, 5.74) is 1.07. The van der Waals surface area contributed by atoms with E-state index in [4.69, 9.17) is 4.74 Å². The van der Waals surface area contributed by atoms with Crippen molar-refractivity contribution in [3.63, 3.8) is 0 Å². The molecular formula is C15H21BrO3. The first kappa shape index (κ1) is 16.0. The molecule has 0 radical (unpaired) electrons. The Morgan fingerprint density at radius 2 is 1.95 bits per heavy atom. The van der Waals surface area contributed by atoms with Crippen LogP contribution < -0.4 is 4.74 Å². The van der Waals surface area contributed by atoms with Gasteiger partial charge in [0.15, 0.2) is 0 Å². The summed E-state index contributed by atoms with van der Waals surface area (Å²) in [6.45, 7) is 4.62. The van der Waals surface area contributed by atoms with Crippen LogP contribution in [0, 0.1) is 6.92 Å². The molecule has 0 saturated heterocycles. The number of ether oxygens (including phenoxy) is 1. The zero-order valence-corrected chi connectivity index (χ0v) is 13.1. The summed E-state index contributed by atoms with van der Waals surface area (Å²) in [6, 6.07) is 3.46. The second-order valence-corrected chi connectivity index (χ2v) is 5.58. The number of hydrogen-bond donors (Lipinski definition) is 1. The van der Waals surface area contributed by atoms with E-state index < -0.39 is 5.97 Å². The van der Waals surface area contributed by atoms with Crippen LogP contribution in [0.5, 0.6) is 5.75 Å². The Hall–Kier alpha value is -1.03. The van der Waals surface area contributed by atoms with Crippen molar-refractivity contribution >= 4 is 21.9 Å². The fraction of sp³-hybridized carbons (Fsp3) is 0.533. The molecule has 0 fully saturated rings. The monoisotopic (exact) mass is 328 g/mol. The van der Waals surface area contributed by atoms with Crippen molar-refractivity contribution in [1.82, 2.24) is 0 Å². The number of rotatable bonds is 8. The van der Waals surface area contributed by atoms with Crippen molar-refractivity contribution in [1.29, 1.82) is 0 Å². The molecule has 1 aromatic rings. The summed E-state index contributed by atoms with van der Waals surface area (Å²) in [7, 11) is 0. The van der Waals surface area contributed by atoms with E-state index in [9.17, 15) is 9.90 Å². The third-order valence-electron chi connectivity index (χ3n) is 2.96. The Morgan fingerprint density at radius 3 is 2.58 bits per heavy atom. The molecule has 0 saturated carbocycles. The van der Waals surface area contributed by atoms with E-state index in [0.29, 0.717) is 12.4 Å². The van der Waals surface area contributed by atoms with Gasteiger partial charge in [0.05, 0.1) is 6.61 Å². The minimum atomic E-state index is -0.953. The van der Waals surface area contributed by atoms with Gasteiger partial charge in [-0.1, -0.05) is 48.5 Å². The van der Waals surface area contributed by atoms with Gasteiger partial charge < -0.3 is 9.84 Å². The summed E-state index contributed by atoms with van der Waals surface area (Å²) in [5, 5.41) is 9.19. The molecule has 1 aromatic carbocycles. The average molecular weight is 329 g/mol. The molecule has 0 spiro atoms. The largest absolute Gasteiger partial charge is 0.492 e. The second-order valence-electron chi connectivity index (χ2n) is 4.67. The Kier molecular flexibility index (Phi) is 6.92. The maximum atomic E-state index is 11.2. The van der Waals surface area contributed by atoms with E-state index in [-0.39, 0.29) is 5.56 Å². The van der Waals surface area contributed by atoms with Gasteiger partial charge in [0.25, 0.3) is 0 Å². The number of hydrogen-bond acceptors (Lipinski definition) is 2. The van der Waals surface area contributed by atoms with Gasteiger partial charge in [0.1, 0.15) is 11.3 Å². The van der Waals surface area contributed by atoms with E-state index in [1.807, 2.05) is 13.0 Å². The maximum Gasteiger partial charge on any atom is 0.339 e. The van der Waals surface area contributed by atoms with Crippen molar-refractivity contribution in [3.8, 4) is 5.75 Å². The molecule has 3 nitrogen and oxygen atoms in total. The number of carboxylic acids is 1. The van der Waals surface area contributed by atoms with Crippen LogP contribution in [0.3, 0.4) is 0 Å². The normalized spacial score (nSPS) is 10.5. The summed E-state index contributed by atoms with van der Waals surface area (Å²) in [6.07, 6.45) is 5.78. The van der Waals surface area contributed by atoms with Crippen LogP contribution in [0.4, 0.5) is 0 Å². The minimum absolute atomic E-state index is 0.223. The lowest BCUT2D eigenvalue weighted by atomic mass is 10.1. The Morgan fingerprint density at radius 1 is 1.26 bits per heavy atom. The smallest absolute Gasteiger partial charge is 0.339 e. The lowest BCUT2D eigenvalue weighted by Gasteiger charge is -2.12. The molecule has 0 aliphatic heterocycles. The molecule has 0 unspecified atom stereocenters. The van der Waals surface area contributed by atoms with E-state index in [1.165, 1.54) is 19.3 Å².